The van der Waals surface area contributed by atoms with E-state index in [1.54, 1.807) is 0 Å². The third kappa shape index (κ3) is 8.32. The number of halogens is 9. The zero-order chi connectivity index (χ0) is 34.0. The number of nitrogens with two attached hydrogens (primary N) is 1. The number of urea groups is 2. The Hall–Kier alpha value is -4.22. The van der Waals surface area contributed by atoms with Crippen molar-refractivity contribution >= 4 is 29.3 Å². The van der Waals surface area contributed by atoms with Gasteiger partial charge in [0.2, 0.25) is 5.91 Å². The molecule has 2 saturated heterocycles. The molecule has 46 heavy (non-hydrogen) atoms. The van der Waals surface area contributed by atoms with Crippen molar-refractivity contribution in [2.45, 2.75) is 62.3 Å². The first-order valence-corrected chi connectivity index (χ1v) is 14.0. The third-order valence-corrected chi connectivity index (χ3v) is 7.60. The molecule has 0 spiro atoms. The Bertz CT molecular complexity index is 1400. The molecule has 9 nitrogen and oxygen atoms in total. The van der Waals surface area contributed by atoms with Crippen LogP contribution in [0.5, 0.6) is 0 Å². The molecule has 0 aliphatic carbocycles. The number of hydrogen-bond acceptors (Lipinski definition) is 4. The summed E-state index contributed by atoms with van der Waals surface area (Å²) >= 11 is 0. The summed E-state index contributed by atoms with van der Waals surface area (Å²) in [5.74, 6) is -0.465. The SMILES string of the molecule is NCCCC[C@@H]1C(=O)N2C[C@H](NC(=O)Nc3cc(C(F)(F)F)cc(C(F)(F)F)c3)C[C@@H]2CN1C(=O)Nc1ccc(C(F)(F)F)cc1. The van der Waals surface area contributed by atoms with Gasteiger partial charge in [0.1, 0.15) is 6.04 Å². The fraction of sp³-hybridized carbons (Fsp3) is 0.464. The van der Waals surface area contributed by atoms with Crippen LogP contribution in [-0.2, 0) is 23.3 Å². The lowest BCUT2D eigenvalue weighted by molar-refractivity contribution is -0.143. The van der Waals surface area contributed by atoms with E-state index in [0.717, 1.165) is 24.3 Å². The molecule has 5 amide bonds. The van der Waals surface area contributed by atoms with Gasteiger partial charge in [-0.1, -0.05) is 0 Å². The fourth-order valence-corrected chi connectivity index (χ4v) is 5.45. The molecule has 0 aromatic heterocycles. The summed E-state index contributed by atoms with van der Waals surface area (Å²) in [4.78, 5) is 42.1. The predicted molar refractivity (Wildman–Crippen MR) is 146 cm³/mol. The second-order valence-corrected chi connectivity index (χ2v) is 10.9. The van der Waals surface area contributed by atoms with Crippen LogP contribution < -0.4 is 21.7 Å². The summed E-state index contributed by atoms with van der Waals surface area (Å²) in [6, 6.07) is 0.144. The summed E-state index contributed by atoms with van der Waals surface area (Å²) in [7, 11) is 0. The molecule has 2 fully saturated rings. The summed E-state index contributed by atoms with van der Waals surface area (Å²) in [5.41, 5.74) is 0.711. The molecule has 0 radical (unpaired) electrons. The van der Waals surface area contributed by atoms with E-state index < -0.39 is 77.0 Å². The summed E-state index contributed by atoms with van der Waals surface area (Å²) in [6.45, 7) is 0.255. The number of carbonyl (C=O) groups is 3. The molecule has 0 bridgehead atoms. The molecule has 2 aliphatic heterocycles. The Labute approximate surface area is 256 Å². The van der Waals surface area contributed by atoms with Crippen molar-refractivity contribution in [3.63, 3.8) is 0 Å². The Morgan fingerprint density at radius 1 is 0.783 bits per heavy atom. The molecule has 2 aromatic rings. The van der Waals surface area contributed by atoms with Gasteiger partial charge >= 0.3 is 30.6 Å². The molecule has 0 saturated carbocycles. The van der Waals surface area contributed by atoms with E-state index >= 15 is 0 Å². The highest BCUT2D eigenvalue weighted by atomic mass is 19.4. The fourth-order valence-electron chi connectivity index (χ4n) is 5.45. The maximum absolute atomic E-state index is 13.5. The molecule has 2 aliphatic rings. The first-order valence-electron chi connectivity index (χ1n) is 14.0. The van der Waals surface area contributed by atoms with Crippen LogP contribution in [0.25, 0.3) is 0 Å². The molecule has 0 unspecified atom stereocenters. The number of hydrogen-bond donors (Lipinski definition) is 4. The standard InChI is InChI=1S/C28H29F9N6O3/c29-26(30,31)15-4-6-18(7-5-15)41-25(46)43-14-21-12-20(13-42(21)23(44)22(43)3-1-2-8-38)40-24(45)39-19-10-16(27(32,33)34)9-17(11-19)28(35,36)37/h4-7,9-11,20-22H,1-3,8,12-14,38H2,(H,41,46)(H2,39,40,45)/t20-,21-,22-/m1/s1. The highest BCUT2D eigenvalue weighted by Gasteiger charge is 2.47. The smallest absolute Gasteiger partial charge is 0.334 e. The van der Waals surface area contributed by atoms with E-state index in [1.807, 2.05) is 5.32 Å². The number of piperazine rings is 1. The molecule has 5 N–H and O–H groups in total. The molecular formula is C28H29F9N6O3. The van der Waals surface area contributed by atoms with Crippen LogP contribution in [0.15, 0.2) is 42.5 Å². The lowest BCUT2D eigenvalue weighted by Gasteiger charge is -2.42. The number of rotatable bonds is 7. The Balaban J connectivity index is 1.46. The van der Waals surface area contributed by atoms with E-state index in [2.05, 4.69) is 10.6 Å². The second kappa shape index (κ2) is 13.3. The Kier molecular flexibility index (Phi) is 9.98. The highest BCUT2D eigenvalue weighted by Crippen LogP contribution is 2.38. The summed E-state index contributed by atoms with van der Waals surface area (Å²) < 4.78 is 118. The maximum Gasteiger partial charge on any atom is 0.416 e. The van der Waals surface area contributed by atoms with E-state index in [4.69, 9.17) is 5.73 Å². The first kappa shape index (κ1) is 34.6. The van der Waals surface area contributed by atoms with Crippen molar-refractivity contribution in [1.29, 1.82) is 0 Å². The number of unbranched alkanes of at least 4 members (excludes halogenated alkanes) is 1. The van der Waals surface area contributed by atoms with Gasteiger partial charge in [0.25, 0.3) is 0 Å². The van der Waals surface area contributed by atoms with Gasteiger partial charge < -0.3 is 31.5 Å². The van der Waals surface area contributed by atoms with Crippen molar-refractivity contribution in [2.75, 3.05) is 30.3 Å². The molecule has 4 rings (SSSR count). The van der Waals surface area contributed by atoms with Crippen LogP contribution in [0.3, 0.4) is 0 Å². The third-order valence-electron chi connectivity index (χ3n) is 7.60. The molecule has 18 heteroatoms. The minimum atomic E-state index is -5.12. The van der Waals surface area contributed by atoms with E-state index in [1.165, 1.54) is 9.80 Å². The van der Waals surface area contributed by atoms with Gasteiger partial charge in [-0.15, -0.1) is 0 Å². The van der Waals surface area contributed by atoms with Gasteiger partial charge in [0.05, 0.1) is 28.8 Å². The van der Waals surface area contributed by atoms with Crippen molar-refractivity contribution < 1.29 is 53.9 Å². The zero-order valence-corrected chi connectivity index (χ0v) is 23.8. The maximum atomic E-state index is 13.5. The van der Waals surface area contributed by atoms with Crippen molar-refractivity contribution in [3.05, 3.63) is 59.2 Å². The second-order valence-electron chi connectivity index (χ2n) is 10.9. The Morgan fingerprint density at radius 3 is 1.91 bits per heavy atom. The quantitative estimate of drug-likeness (QED) is 0.218. The highest BCUT2D eigenvalue weighted by molar-refractivity contribution is 5.95. The van der Waals surface area contributed by atoms with Gasteiger partial charge in [-0.2, -0.15) is 39.5 Å². The zero-order valence-electron chi connectivity index (χ0n) is 23.8. The van der Waals surface area contributed by atoms with Crippen LogP contribution in [0.1, 0.15) is 42.4 Å². The minimum Gasteiger partial charge on any atom is -0.334 e. The Morgan fingerprint density at radius 2 is 1.37 bits per heavy atom. The van der Waals surface area contributed by atoms with Crippen molar-refractivity contribution in [3.8, 4) is 0 Å². The van der Waals surface area contributed by atoms with Crippen molar-refractivity contribution in [1.82, 2.24) is 15.1 Å². The monoisotopic (exact) mass is 668 g/mol. The number of alkyl halides is 9. The van der Waals surface area contributed by atoms with Crippen LogP contribution in [0.2, 0.25) is 0 Å². The molecule has 252 valence electrons. The van der Waals surface area contributed by atoms with Gasteiger partial charge in [-0.3, -0.25) is 4.79 Å². The van der Waals surface area contributed by atoms with Crippen LogP contribution in [-0.4, -0.2) is 65.5 Å². The van der Waals surface area contributed by atoms with E-state index in [-0.39, 0.29) is 37.7 Å². The average molecular weight is 669 g/mol. The van der Waals surface area contributed by atoms with E-state index in [9.17, 15) is 53.9 Å². The lowest BCUT2D eigenvalue weighted by atomic mass is 10.0. The van der Waals surface area contributed by atoms with Gasteiger partial charge in [-0.05, 0) is 74.7 Å². The molecule has 3 atom stereocenters. The first-order chi connectivity index (χ1) is 21.4. The molecular weight excluding hydrogens is 639 g/mol. The summed E-state index contributed by atoms with van der Waals surface area (Å²) in [6.07, 6.45) is -13.5. The van der Waals surface area contributed by atoms with E-state index in [0.29, 0.717) is 31.5 Å². The summed E-state index contributed by atoms with van der Waals surface area (Å²) in [5, 5.41) is 6.94. The number of anilines is 2. The normalized spacial score (nSPS) is 20.4. The largest absolute Gasteiger partial charge is 0.416 e. The van der Waals surface area contributed by atoms with Crippen LogP contribution in [0.4, 0.5) is 60.5 Å². The van der Waals surface area contributed by atoms with Crippen LogP contribution in [0, 0.1) is 0 Å². The number of nitrogens with one attached hydrogen (secondary N) is 3. The van der Waals surface area contributed by atoms with Gasteiger partial charge in [0.15, 0.2) is 0 Å². The van der Waals surface area contributed by atoms with Crippen molar-refractivity contribution in [2.24, 2.45) is 5.73 Å². The number of benzene rings is 2. The number of fused-ring (bicyclic) bond motifs is 1. The number of amides is 5. The lowest BCUT2D eigenvalue weighted by Crippen LogP contribution is -2.62. The molecule has 2 aromatic carbocycles. The van der Waals surface area contributed by atoms with Gasteiger partial charge in [-0.25, -0.2) is 9.59 Å². The number of carbonyl (C=O) groups excluding carboxylic acids is 3. The topological polar surface area (TPSA) is 120 Å². The van der Waals surface area contributed by atoms with Crippen LogP contribution >= 0.6 is 0 Å². The molecule has 2 heterocycles. The van der Waals surface area contributed by atoms with Gasteiger partial charge in [0, 0.05) is 24.5 Å². The average Bonchev–Trinajstić information content (AvgIpc) is 3.35. The number of nitrogens with zero attached hydrogens (tertiary/aromatic N) is 2. The minimum absolute atomic E-state index is 0.0200. The predicted octanol–water partition coefficient (Wildman–Crippen LogP) is 5.88.